The molecule has 0 unspecified atom stereocenters. The number of hydrogen-bond acceptors (Lipinski definition) is 4. The molecule has 7 aromatic carbocycles. The molecule has 0 amide bonds. The molecule has 6 heteroatoms. The third-order valence-electron chi connectivity index (χ3n) is 16.0. The summed E-state index contributed by atoms with van der Waals surface area (Å²) in [6.45, 7) is 35.6. The molecule has 6 heterocycles. The van der Waals surface area contributed by atoms with Crippen molar-refractivity contribution in [3.8, 4) is 5.69 Å². The lowest BCUT2D eigenvalue weighted by Crippen LogP contribution is -2.61. The molecule has 350 valence electrons. The van der Waals surface area contributed by atoms with Crippen LogP contribution >= 0.6 is 22.7 Å². The minimum atomic E-state index is -0.133. The van der Waals surface area contributed by atoms with E-state index in [1.54, 1.807) is 0 Å². The van der Waals surface area contributed by atoms with Crippen LogP contribution in [0.15, 0.2) is 115 Å². The summed E-state index contributed by atoms with van der Waals surface area (Å²) in [5.41, 5.74) is 20.9. The van der Waals surface area contributed by atoms with Gasteiger partial charge in [0.1, 0.15) is 0 Å². The van der Waals surface area contributed by atoms with E-state index >= 15 is 0 Å². The van der Waals surface area contributed by atoms with Crippen molar-refractivity contribution in [1.82, 2.24) is 4.57 Å². The molecule has 0 fully saturated rings. The Balaban J connectivity index is 1.23. The molecule has 0 atom stereocenters. The van der Waals surface area contributed by atoms with Crippen molar-refractivity contribution in [2.75, 3.05) is 9.80 Å². The zero-order valence-corrected chi connectivity index (χ0v) is 45.3. The highest BCUT2D eigenvalue weighted by atomic mass is 32.1. The average molecular weight is 950 g/mol. The molecule has 0 radical (unpaired) electrons. The van der Waals surface area contributed by atoms with Gasteiger partial charge in [0, 0.05) is 62.9 Å². The molecule has 0 aliphatic carbocycles. The predicted molar refractivity (Wildman–Crippen MR) is 310 cm³/mol. The van der Waals surface area contributed by atoms with Gasteiger partial charge in [-0.1, -0.05) is 140 Å². The van der Waals surface area contributed by atoms with Crippen molar-refractivity contribution < 1.29 is 0 Å². The van der Waals surface area contributed by atoms with Crippen LogP contribution in [-0.4, -0.2) is 11.3 Å². The molecule has 3 aliphatic rings. The van der Waals surface area contributed by atoms with Crippen molar-refractivity contribution >= 4 is 131 Å². The minimum Gasteiger partial charge on any atom is -0.310 e. The summed E-state index contributed by atoms with van der Waals surface area (Å²) in [5, 5.41) is 6.65. The zero-order valence-electron chi connectivity index (χ0n) is 43.7. The lowest BCUT2D eigenvalue weighted by Gasteiger charge is -2.47. The maximum atomic E-state index is 2.74. The molecule has 3 aliphatic heterocycles. The monoisotopic (exact) mass is 949 g/mol. The van der Waals surface area contributed by atoms with Gasteiger partial charge in [-0.15, -0.1) is 22.7 Å². The van der Waals surface area contributed by atoms with Gasteiger partial charge in [-0.2, -0.15) is 0 Å². The smallest absolute Gasteiger partial charge is 0.264 e. The fourth-order valence-corrected chi connectivity index (χ4v) is 14.3. The van der Waals surface area contributed by atoms with Crippen molar-refractivity contribution in [1.29, 1.82) is 0 Å². The van der Waals surface area contributed by atoms with Crippen LogP contribution in [0, 0.1) is 0 Å². The number of benzene rings is 7. The highest BCUT2D eigenvalue weighted by molar-refractivity contribution is 7.33. The summed E-state index contributed by atoms with van der Waals surface area (Å²) in [4.78, 5) is 5.44. The molecular formula is C64H64BN3S2. The molecule has 0 N–H and O–H groups in total. The Morgan fingerprint density at radius 1 is 0.386 bits per heavy atom. The van der Waals surface area contributed by atoms with E-state index in [4.69, 9.17) is 0 Å². The van der Waals surface area contributed by atoms with Gasteiger partial charge < -0.3 is 14.4 Å². The lowest BCUT2D eigenvalue weighted by molar-refractivity contribution is 0.589. The number of aromatic nitrogens is 1. The van der Waals surface area contributed by atoms with E-state index in [0.29, 0.717) is 0 Å². The normalized spacial score (nSPS) is 14.7. The number of fused-ring (bicyclic) bond motifs is 14. The van der Waals surface area contributed by atoms with E-state index in [1.165, 1.54) is 135 Å². The van der Waals surface area contributed by atoms with E-state index in [0.717, 1.165) is 0 Å². The van der Waals surface area contributed by atoms with Crippen molar-refractivity contribution in [2.24, 2.45) is 0 Å². The number of hydrogen-bond donors (Lipinski definition) is 0. The Hall–Kier alpha value is -5.82. The Kier molecular flexibility index (Phi) is 8.82. The van der Waals surface area contributed by atoms with E-state index < -0.39 is 0 Å². The fourth-order valence-electron chi connectivity index (χ4n) is 11.9. The predicted octanol–water partition coefficient (Wildman–Crippen LogP) is 17.2. The molecule has 10 aromatic rings. The first-order valence-corrected chi connectivity index (χ1v) is 27.1. The maximum absolute atomic E-state index is 2.74. The Morgan fingerprint density at radius 3 is 1.60 bits per heavy atom. The molecule has 0 saturated carbocycles. The van der Waals surface area contributed by atoms with Crippen molar-refractivity contribution in [3.63, 3.8) is 0 Å². The minimum absolute atomic E-state index is 0.00916. The second kappa shape index (κ2) is 14.0. The molecular weight excluding hydrogens is 886 g/mol. The van der Waals surface area contributed by atoms with Crippen molar-refractivity contribution in [3.05, 3.63) is 143 Å². The second-order valence-electron chi connectivity index (χ2n) is 26.0. The summed E-state index contributed by atoms with van der Waals surface area (Å²) >= 11 is 3.91. The molecule has 3 nitrogen and oxygen atoms in total. The van der Waals surface area contributed by atoms with Crippen LogP contribution in [0.2, 0.25) is 0 Å². The van der Waals surface area contributed by atoms with Gasteiger partial charge in [-0.05, 0) is 145 Å². The topological polar surface area (TPSA) is 11.4 Å². The first-order valence-electron chi connectivity index (χ1n) is 25.5. The Bertz CT molecular complexity index is 3930. The number of nitrogens with zero attached hydrogens (tertiary/aromatic N) is 3. The molecule has 0 spiro atoms. The summed E-state index contributed by atoms with van der Waals surface area (Å²) < 4.78 is 8.09. The van der Waals surface area contributed by atoms with Crippen LogP contribution in [0.1, 0.15) is 132 Å². The maximum Gasteiger partial charge on any atom is 0.264 e. The van der Waals surface area contributed by atoms with Gasteiger partial charge in [-0.3, -0.25) is 0 Å². The largest absolute Gasteiger partial charge is 0.310 e. The summed E-state index contributed by atoms with van der Waals surface area (Å²) in [6.07, 6.45) is 0. The van der Waals surface area contributed by atoms with Crippen LogP contribution in [0.4, 0.5) is 34.1 Å². The van der Waals surface area contributed by atoms with Gasteiger partial charge >= 0.3 is 0 Å². The number of thiophene rings is 2. The molecule has 0 bridgehead atoms. The van der Waals surface area contributed by atoms with Crippen LogP contribution in [0.5, 0.6) is 0 Å². The van der Waals surface area contributed by atoms with Crippen LogP contribution in [0.25, 0.3) is 57.8 Å². The van der Waals surface area contributed by atoms with Crippen LogP contribution in [0.3, 0.4) is 0 Å². The van der Waals surface area contributed by atoms with E-state index in [2.05, 4.69) is 233 Å². The van der Waals surface area contributed by atoms with E-state index in [-0.39, 0.29) is 33.8 Å². The standard InChI is InChI=1S/C64H64BN3S2/c1-60(2,3)35-20-23-47-42(26-35)44-28-37(62(7,8)9)32-50-56(44)67(47)51-33-38(63(10,11)12)29-46-58(51)68(50)49-31-39(64(13,14)15)30-48-55(49)65(46)59-57(45-27-36(61(4,5)6)21-24-54(45)70-59)66(48)40-22-25-53-43(34-40)41-18-16-17-19-52(41)69-53/h16-34H,1-15H3. The van der Waals surface area contributed by atoms with Crippen LogP contribution in [-0.2, 0) is 27.1 Å². The Morgan fingerprint density at radius 2 is 0.914 bits per heavy atom. The fraction of sp³-hybridized carbons (Fsp3) is 0.312. The molecule has 3 aromatic heterocycles. The van der Waals surface area contributed by atoms with Gasteiger partial charge in [-0.25, -0.2) is 0 Å². The van der Waals surface area contributed by atoms with Crippen LogP contribution < -0.4 is 25.5 Å². The quantitative estimate of drug-likeness (QED) is 0.152. The summed E-state index contributed by atoms with van der Waals surface area (Å²) in [5.74, 6) is 0. The lowest BCUT2D eigenvalue weighted by atomic mass is 9.35. The molecule has 13 rings (SSSR count). The first kappa shape index (κ1) is 44.1. The van der Waals surface area contributed by atoms with Gasteiger partial charge in [0.05, 0.1) is 33.8 Å². The highest BCUT2D eigenvalue weighted by Gasteiger charge is 2.49. The van der Waals surface area contributed by atoms with Gasteiger partial charge in [0.2, 0.25) is 0 Å². The summed E-state index contributed by atoms with van der Waals surface area (Å²) in [6, 6.07) is 46.3. The van der Waals surface area contributed by atoms with Gasteiger partial charge in [0.25, 0.3) is 6.71 Å². The third-order valence-corrected chi connectivity index (χ3v) is 18.4. The first-order chi connectivity index (χ1) is 32.9. The van der Waals surface area contributed by atoms with Gasteiger partial charge in [0.15, 0.2) is 0 Å². The second-order valence-corrected chi connectivity index (χ2v) is 28.1. The number of rotatable bonds is 1. The highest BCUT2D eigenvalue weighted by Crippen LogP contribution is 2.56. The SMILES string of the molecule is CC(C)(C)c1cc2c3c(c1)N1c4c(cc(C(C)(C)C)cc4-n4c5ccc(C(C)(C)C)cc5c5cc(C(C)(C)C)cc1c54)B3c1sc3ccc(C(C)(C)C)cc3c1N2c1ccc2sc3ccccc3c2c1. The van der Waals surface area contributed by atoms with E-state index in [9.17, 15) is 0 Å². The van der Waals surface area contributed by atoms with E-state index in [1.807, 2.05) is 22.7 Å². The Labute approximate surface area is 422 Å². The molecule has 0 saturated heterocycles. The zero-order chi connectivity index (χ0) is 49.1. The summed E-state index contributed by atoms with van der Waals surface area (Å²) in [7, 11) is 0. The number of anilines is 6. The molecule has 70 heavy (non-hydrogen) atoms. The average Bonchev–Trinajstić information content (AvgIpc) is 3.96. The van der Waals surface area contributed by atoms with Crippen molar-refractivity contribution in [2.45, 2.75) is 131 Å². The third kappa shape index (κ3) is 6.17.